The first-order valence-corrected chi connectivity index (χ1v) is 12.3. The Morgan fingerprint density at radius 2 is 1.32 bits per heavy atom. The highest BCUT2D eigenvalue weighted by molar-refractivity contribution is 5.55. The van der Waals surface area contributed by atoms with E-state index in [9.17, 15) is 0 Å². The number of hydrogen-bond acceptors (Lipinski definition) is 1. The van der Waals surface area contributed by atoms with Gasteiger partial charge in [0.1, 0.15) is 0 Å². The number of benzene rings is 2. The average Bonchev–Trinajstić information content (AvgIpc) is 2.82. The molecule has 0 atom stereocenters. The zero-order chi connectivity index (χ0) is 21.6. The van der Waals surface area contributed by atoms with Gasteiger partial charge in [0, 0.05) is 11.1 Å². The Bertz CT molecular complexity index is 855. The maximum atomic E-state index is 4.37. The number of aromatic nitrogens is 2. The lowest BCUT2D eigenvalue weighted by Gasteiger charge is -2.06. The third-order valence-corrected chi connectivity index (χ3v) is 6.10. The van der Waals surface area contributed by atoms with E-state index in [1.807, 2.05) is 12.4 Å². The van der Waals surface area contributed by atoms with Gasteiger partial charge in [0.2, 0.25) is 5.69 Å². The van der Waals surface area contributed by atoms with Crippen LogP contribution in [0.1, 0.15) is 82.3 Å². The largest absolute Gasteiger partial charge is 0.252 e. The SMILES string of the molecule is CCCCCCCCCCCCc1ccc(-c2cncc[n+]2Cc2ccccc2)cc1. The molecule has 0 radical (unpaired) electrons. The van der Waals surface area contributed by atoms with Gasteiger partial charge in [0.05, 0.1) is 12.4 Å². The second kappa shape index (κ2) is 13.7. The minimum atomic E-state index is 0.860. The van der Waals surface area contributed by atoms with Crippen molar-refractivity contribution in [3.63, 3.8) is 0 Å². The molecular weight excluding hydrogens is 376 g/mol. The third-order valence-electron chi connectivity index (χ3n) is 6.10. The summed E-state index contributed by atoms with van der Waals surface area (Å²) in [5, 5.41) is 0. The zero-order valence-corrected chi connectivity index (χ0v) is 19.3. The van der Waals surface area contributed by atoms with Gasteiger partial charge >= 0.3 is 0 Å². The highest BCUT2D eigenvalue weighted by atomic mass is 15.0. The molecule has 3 aromatic rings. The van der Waals surface area contributed by atoms with Crippen molar-refractivity contribution in [2.45, 2.75) is 84.1 Å². The van der Waals surface area contributed by atoms with E-state index in [-0.39, 0.29) is 0 Å². The highest BCUT2D eigenvalue weighted by Crippen LogP contribution is 2.18. The van der Waals surface area contributed by atoms with Crippen molar-refractivity contribution in [1.29, 1.82) is 0 Å². The molecule has 2 nitrogen and oxygen atoms in total. The normalized spacial score (nSPS) is 11.0. The van der Waals surface area contributed by atoms with Gasteiger partial charge in [-0.2, -0.15) is 4.57 Å². The van der Waals surface area contributed by atoms with Gasteiger partial charge in [0.15, 0.2) is 12.7 Å². The van der Waals surface area contributed by atoms with E-state index in [4.69, 9.17) is 0 Å². The van der Waals surface area contributed by atoms with Gasteiger partial charge in [-0.3, -0.25) is 4.98 Å². The maximum absolute atomic E-state index is 4.37. The summed E-state index contributed by atoms with van der Waals surface area (Å²) < 4.78 is 2.28. The molecule has 0 saturated carbocycles. The maximum Gasteiger partial charge on any atom is 0.231 e. The fourth-order valence-electron chi connectivity index (χ4n) is 4.20. The molecule has 0 fully saturated rings. The lowest BCUT2D eigenvalue weighted by atomic mass is 10.0. The molecule has 164 valence electrons. The first kappa shape index (κ1) is 23.2. The molecule has 0 amide bonds. The molecule has 2 aromatic carbocycles. The Kier molecular flexibility index (Phi) is 10.3. The predicted octanol–water partition coefficient (Wildman–Crippen LogP) is 7.55. The van der Waals surface area contributed by atoms with Crippen LogP contribution in [0.25, 0.3) is 11.3 Å². The fraction of sp³-hybridized carbons (Fsp3) is 0.448. The quantitative estimate of drug-likeness (QED) is 0.196. The van der Waals surface area contributed by atoms with Crippen molar-refractivity contribution in [2.24, 2.45) is 0 Å². The minimum Gasteiger partial charge on any atom is -0.252 e. The van der Waals surface area contributed by atoms with Crippen LogP contribution in [-0.2, 0) is 13.0 Å². The summed E-state index contributed by atoms with van der Waals surface area (Å²) >= 11 is 0. The van der Waals surface area contributed by atoms with Crippen LogP contribution in [-0.4, -0.2) is 4.98 Å². The van der Waals surface area contributed by atoms with Gasteiger partial charge in [-0.15, -0.1) is 0 Å². The minimum absolute atomic E-state index is 0.860. The van der Waals surface area contributed by atoms with Crippen LogP contribution in [0.2, 0.25) is 0 Å². The Balaban J connectivity index is 1.42. The Morgan fingerprint density at radius 3 is 2.00 bits per heavy atom. The van der Waals surface area contributed by atoms with Crippen molar-refractivity contribution in [2.75, 3.05) is 0 Å². The molecule has 0 aliphatic carbocycles. The average molecular weight is 416 g/mol. The van der Waals surface area contributed by atoms with Crippen LogP contribution >= 0.6 is 0 Å². The fourth-order valence-corrected chi connectivity index (χ4v) is 4.20. The number of unbranched alkanes of at least 4 members (excludes halogenated alkanes) is 9. The van der Waals surface area contributed by atoms with Gasteiger partial charge < -0.3 is 0 Å². The van der Waals surface area contributed by atoms with E-state index in [2.05, 4.69) is 77.3 Å². The second-order valence-corrected chi connectivity index (χ2v) is 8.70. The molecule has 0 bridgehead atoms. The first-order valence-electron chi connectivity index (χ1n) is 12.3. The molecule has 0 N–H and O–H groups in total. The zero-order valence-electron chi connectivity index (χ0n) is 19.3. The monoisotopic (exact) mass is 415 g/mol. The summed E-state index contributed by atoms with van der Waals surface area (Å²) in [5.41, 5.74) is 5.15. The van der Waals surface area contributed by atoms with E-state index in [0.717, 1.165) is 12.2 Å². The van der Waals surface area contributed by atoms with E-state index < -0.39 is 0 Å². The molecule has 0 saturated heterocycles. The lowest BCUT2D eigenvalue weighted by molar-refractivity contribution is -0.678. The molecule has 2 heteroatoms. The summed E-state index contributed by atoms with van der Waals surface area (Å²) in [7, 11) is 0. The van der Waals surface area contributed by atoms with Crippen molar-refractivity contribution < 1.29 is 4.57 Å². The van der Waals surface area contributed by atoms with Crippen LogP contribution in [0.15, 0.2) is 73.2 Å². The first-order chi connectivity index (χ1) is 15.4. The summed E-state index contributed by atoms with van der Waals surface area (Å²) in [4.78, 5) is 4.37. The van der Waals surface area contributed by atoms with Gasteiger partial charge in [-0.25, -0.2) is 0 Å². The lowest BCUT2D eigenvalue weighted by Crippen LogP contribution is -2.36. The molecule has 1 heterocycles. The van der Waals surface area contributed by atoms with Crippen molar-refractivity contribution >= 4 is 0 Å². The molecule has 0 aliphatic rings. The van der Waals surface area contributed by atoms with Gasteiger partial charge in [-0.1, -0.05) is 107 Å². The van der Waals surface area contributed by atoms with Crippen LogP contribution in [0, 0.1) is 0 Å². The van der Waals surface area contributed by atoms with E-state index in [1.54, 1.807) is 0 Å². The van der Waals surface area contributed by atoms with Crippen LogP contribution < -0.4 is 4.57 Å². The molecule has 1 aromatic heterocycles. The highest BCUT2D eigenvalue weighted by Gasteiger charge is 2.13. The molecule has 0 spiro atoms. The Hall–Kier alpha value is -2.48. The summed E-state index contributed by atoms with van der Waals surface area (Å²) in [6.45, 7) is 3.15. The third kappa shape index (κ3) is 8.28. The summed E-state index contributed by atoms with van der Waals surface area (Å²) in [5.74, 6) is 0. The standard InChI is InChI=1S/C29H39N2/c1-2-3-4-5-6-7-8-9-10-12-15-26-18-20-28(21-19-26)29-24-30-22-23-31(29)25-27-16-13-11-14-17-27/h11,13-14,16-24H,2-10,12,15,25H2,1H3/q+1. The summed E-state index contributed by atoms with van der Waals surface area (Å²) in [6.07, 6.45) is 21.0. The van der Waals surface area contributed by atoms with Crippen LogP contribution in [0.3, 0.4) is 0 Å². The molecule has 31 heavy (non-hydrogen) atoms. The van der Waals surface area contributed by atoms with Crippen molar-refractivity contribution in [3.05, 3.63) is 84.3 Å². The number of nitrogens with zero attached hydrogens (tertiary/aromatic N) is 2. The number of hydrogen-bond donors (Lipinski definition) is 0. The molecule has 3 rings (SSSR count). The van der Waals surface area contributed by atoms with Gasteiger partial charge in [-0.05, 0) is 30.5 Å². The van der Waals surface area contributed by atoms with E-state index in [0.29, 0.717) is 0 Å². The van der Waals surface area contributed by atoms with E-state index >= 15 is 0 Å². The van der Waals surface area contributed by atoms with Gasteiger partial charge in [0.25, 0.3) is 0 Å². The second-order valence-electron chi connectivity index (χ2n) is 8.70. The molecular formula is C29H39N2+. The van der Waals surface area contributed by atoms with Crippen LogP contribution in [0.4, 0.5) is 0 Å². The summed E-state index contributed by atoms with van der Waals surface area (Å²) in [6, 6.07) is 19.7. The number of aryl methyl sites for hydroxylation is 1. The Morgan fingerprint density at radius 1 is 0.677 bits per heavy atom. The van der Waals surface area contributed by atoms with Crippen molar-refractivity contribution in [3.8, 4) is 11.3 Å². The Labute approximate surface area is 189 Å². The smallest absolute Gasteiger partial charge is 0.231 e. The van der Waals surface area contributed by atoms with Crippen molar-refractivity contribution in [1.82, 2.24) is 4.98 Å². The topological polar surface area (TPSA) is 16.8 Å². The van der Waals surface area contributed by atoms with E-state index in [1.165, 1.54) is 87.3 Å². The van der Waals surface area contributed by atoms with Crippen LogP contribution in [0.5, 0.6) is 0 Å². The molecule has 0 aliphatic heterocycles. The number of rotatable bonds is 14. The predicted molar refractivity (Wildman–Crippen MR) is 131 cm³/mol. The molecule has 0 unspecified atom stereocenters.